The second-order valence-electron chi connectivity index (χ2n) is 6.75. The van der Waals surface area contributed by atoms with Gasteiger partial charge in [-0.3, -0.25) is 9.59 Å². The van der Waals surface area contributed by atoms with Crippen LogP contribution in [0, 0.1) is 11.3 Å². The van der Waals surface area contributed by atoms with Crippen LogP contribution in [0.1, 0.15) is 47.0 Å². The molecule has 2 atom stereocenters. The molecule has 2 amide bonds. The summed E-state index contributed by atoms with van der Waals surface area (Å²) in [4.78, 5) is 26.2. The fourth-order valence-electron chi connectivity index (χ4n) is 2.44. The standard InChI is InChI=1S/C14H24N2O2/c1-9-12(17)15-11(14(2,3)4)13(18)16(9)8-7-10-5-6-10/h9-11H,5-8H2,1-4H3,(H,15,17). The lowest BCUT2D eigenvalue weighted by atomic mass is 9.84. The van der Waals surface area contributed by atoms with Gasteiger partial charge in [0.05, 0.1) is 0 Å². The van der Waals surface area contributed by atoms with Crippen LogP contribution in [0.15, 0.2) is 0 Å². The van der Waals surface area contributed by atoms with Crippen LogP contribution in [0.3, 0.4) is 0 Å². The number of hydrogen-bond acceptors (Lipinski definition) is 2. The van der Waals surface area contributed by atoms with Crippen molar-refractivity contribution in [3.63, 3.8) is 0 Å². The largest absolute Gasteiger partial charge is 0.342 e. The van der Waals surface area contributed by atoms with Gasteiger partial charge in [0, 0.05) is 6.54 Å². The van der Waals surface area contributed by atoms with Gasteiger partial charge in [-0.05, 0) is 24.7 Å². The first-order valence-corrected chi connectivity index (χ1v) is 6.91. The maximum absolute atomic E-state index is 12.5. The van der Waals surface area contributed by atoms with Crippen LogP contribution >= 0.6 is 0 Å². The number of nitrogens with one attached hydrogen (secondary N) is 1. The van der Waals surface area contributed by atoms with Crippen LogP contribution in [0.4, 0.5) is 0 Å². The SMILES string of the molecule is CC1C(=O)NC(C(C)(C)C)C(=O)N1CCC1CC1. The predicted molar refractivity (Wildman–Crippen MR) is 69.9 cm³/mol. The van der Waals surface area contributed by atoms with Crippen molar-refractivity contribution in [2.24, 2.45) is 11.3 Å². The molecule has 0 aromatic rings. The molecule has 1 N–H and O–H groups in total. The van der Waals surface area contributed by atoms with Crippen LogP contribution in [0.25, 0.3) is 0 Å². The molecule has 0 aromatic carbocycles. The van der Waals surface area contributed by atoms with E-state index in [1.54, 1.807) is 4.90 Å². The number of carbonyl (C=O) groups is 2. The Bertz CT molecular complexity index is 355. The summed E-state index contributed by atoms with van der Waals surface area (Å²) in [6.07, 6.45) is 3.61. The lowest BCUT2D eigenvalue weighted by Gasteiger charge is -2.42. The second-order valence-corrected chi connectivity index (χ2v) is 6.75. The number of carbonyl (C=O) groups excluding carboxylic acids is 2. The molecule has 0 aromatic heterocycles. The Morgan fingerprint density at radius 3 is 2.39 bits per heavy atom. The van der Waals surface area contributed by atoms with Gasteiger partial charge in [0.25, 0.3) is 0 Å². The molecule has 18 heavy (non-hydrogen) atoms. The molecule has 1 aliphatic heterocycles. The van der Waals surface area contributed by atoms with Crippen LogP contribution in [-0.4, -0.2) is 35.3 Å². The van der Waals surface area contributed by atoms with Gasteiger partial charge in [-0.25, -0.2) is 0 Å². The van der Waals surface area contributed by atoms with Crippen molar-refractivity contribution in [3.8, 4) is 0 Å². The normalized spacial score (nSPS) is 29.4. The van der Waals surface area contributed by atoms with E-state index in [-0.39, 0.29) is 29.3 Å². The van der Waals surface area contributed by atoms with E-state index >= 15 is 0 Å². The molecular formula is C14H24N2O2. The van der Waals surface area contributed by atoms with E-state index in [2.05, 4.69) is 5.32 Å². The van der Waals surface area contributed by atoms with Gasteiger partial charge in [0.1, 0.15) is 12.1 Å². The smallest absolute Gasteiger partial charge is 0.246 e. The van der Waals surface area contributed by atoms with Gasteiger partial charge < -0.3 is 10.2 Å². The van der Waals surface area contributed by atoms with Gasteiger partial charge in [-0.15, -0.1) is 0 Å². The summed E-state index contributed by atoms with van der Waals surface area (Å²) in [5, 5.41) is 2.86. The fraction of sp³-hybridized carbons (Fsp3) is 0.857. The highest BCUT2D eigenvalue weighted by atomic mass is 16.2. The Hall–Kier alpha value is -1.06. The van der Waals surface area contributed by atoms with E-state index in [9.17, 15) is 9.59 Å². The summed E-state index contributed by atoms with van der Waals surface area (Å²) in [5.74, 6) is 0.837. The monoisotopic (exact) mass is 252 g/mol. The molecule has 2 fully saturated rings. The molecule has 1 saturated heterocycles. The molecule has 4 heteroatoms. The summed E-state index contributed by atoms with van der Waals surface area (Å²) in [5.41, 5.74) is -0.231. The summed E-state index contributed by atoms with van der Waals surface area (Å²) in [7, 11) is 0. The van der Waals surface area contributed by atoms with E-state index in [4.69, 9.17) is 0 Å². The highest BCUT2D eigenvalue weighted by Crippen LogP contribution is 2.33. The first kappa shape index (κ1) is 13.4. The minimum absolute atomic E-state index is 0.0229. The van der Waals surface area contributed by atoms with E-state index in [0.29, 0.717) is 0 Å². The van der Waals surface area contributed by atoms with Crippen LogP contribution in [-0.2, 0) is 9.59 Å². The van der Waals surface area contributed by atoms with Crippen LogP contribution < -0.4 is 5.32 Å². The van der Waals surface area contributed by atoms with Gasteiger partial charge in [0.2, 0.25) is 11.8 Å². The average Bonchev–Trinajstić information content (AvgIpc) is 3.05. The number of piperazine rings is 1. The predicted octanol–water partition coefficient (Wildman–Crippen LogP) is 1.55. The fourth-order valence-corrected chi connectivity index (χ4v) is 2.44. The van der Waals surface area contributed by atoms with E-state index in [1.165, 1.54) is 12.8 Å². The zero-order chi connectivity index (χ0) is 13.5. The number of rotatable bonds is 3. The zero-order valence-electron chi connectivity index (χ0n) is 11.8. The van der Waals surface area contributed by atoms with Crippen molar-refractivity contribution in [1.82, 2.24) is 10.2 Å². The molecule has 1 aliphatic carbocycles. The summed E-state index contributed by atoms with van der Waals surface area (Å²) >= 11 is 0. The zero-order valence-corrected chi connectivity index (χ0v) is 11.8. The van der Waals surface area contributed by atoms with Gasteiger partial charge >= 0.3 is 0 Å². The highest BCUT2D eigenvalue weighted by molar-refractivity contribution is 5.97. The third-order valence-electron chi connectivity index (χ3n) is 4.00. The molecule has 2 rings (SSSR count). The van der Waals surface area contributed by atoms with E-state index < -0.39 is 0 Å². The van der Waals surface area contributed by atoms with Crippen molar-refractivity contribution < 1.29 is 9.59 Å². The number of nitrogens with zero attached hydrogens (tertiary/aromatic N) is 1. The molecule has 2 unspecified atom stereocenters. The molecule has 0 spiro atoms. The Kier molecular flexibility index (Phi) is 3.39. The Labute approximate surface area is 109 Å². The van der Waals surface area contributed by atoms with Crippen LogP contribution in [0.2, 0.25) is 0 Å². The Morgan fingerprint density at radius 1 is 1.28 bits per heavy atom. The third kappa shape index (κ3) is 2.68. The topological polar surface area (TPSA) is 49.4 Å². The van der Waals surface area contributed by atoms with Gasteiger partial charge in [-0.2, -0.15) is 0 Å². The highest BCUT2D eigenvalue weighted by Gasteiger charge is 2.43. The average molecular weight is 252 g/mol. The minimum Gasteiger partial charge on any atom is -0.342 e. The van der Waals surface area contributed by atoms with Crippen molar-refractivity contribution >= 4 is 11.8 Å². The Balaban J connectivity index is 2.08. The lowest BCUT2D eigenvalue weighted by Crippen LogP contribution is -2.65. The summed E-state index contributed by atoms with van der Waals surface area (Å²) in [6, 6.07) is -0.713. The van der Waals surface area contributed by atoms with E-state index in [0.717, 1.165) is 18.9 Å². The molecule has 102 valence electrons. The second kappa shape index (κ2) is 4.56. The van der Waals surface area contributed by atoms with Gasteiger partial charge in [-0.1, -0.05) is 33.6 Å². The van der Waals surface area contributed by atoms with Crippen molar-refractivity contribution in [1.29, 1.82) is 0 Å². The first-order chi connectivity index (χ1) is 8.30. The molecule has 0 radical (unpaired) electrons. The molecule has 1 heterocycles. The maximum atomic E-state index is 12.5. The summed E-state index contributed by atoms with van der Waals surface area (Å²) in [6.45, 7) is 8.52. The molecule has 4 nitrogen and oxygen atoms in total. The van der Waals surface area contributed by atoms with Crippen LogP contribution in [0.5, 0.6) is 0 Å². The minimum atomic E-state index is -0.389. The molecular weight excluding hydrogens is 228 g/mol. The van der Waals surface area contributed by atoms with E-state index in [1.807, 2.05) is 27.7 Å². The first-order valence-electron chi connectivity index (χ1n) is 6.91. The number of amides is 2. The molecule has 1 saturated carbocycles. The Morgan fingerprint density at radius 2 is 1.89 bits per heavy atom. The van der Waals surface area contributed by atoms with Crippen molar-refractivity contribution in [2.75, 3.05) is 6.54 Å². The maximum Gasteiger partial charge on any atom is 0.246 e. The molecule has 2 aliphatic rings. The lowest BCUT2D eigenvalue weighted by molar-refractivity contribution is -0.151. The summed E-state index contributed by atoms with van der Waals surface area (Å²) < 4.78 is 0. The van der Waals surface area contributed by atoms with Crippen molar-refractivity contribution in [3.05, 3.63) is 0 Å². The molecule has 0 bridgehead atoms. The third-order valence-corrected chi connectivity index (χ3v) is 4.00. The van der Waals surface area contributed by atoms with Crippen molar-refractivity contribution in [2.45, 2.75) is 59.0 Å². The van der Waals surface area contributed by atoms with Gasteiger partial charge in [0.15, 0.2) is 0 Å². The number of hydrogen-bond donors (Lipinski definition) is 1. The quantitative estimate of drug-likeness (QED) is 0.828.